The number of para-hydroxylation sites is 1. The second kappa shape index (κ2) is 9.20. The normalized spacial score (nSPS) is 13.6. The van der Waals surface area contributed by atoms with Crippen molar-refractivity contribution in [1.29, 1.82) is 0 Å². The first-order valence-corrected chi connectivity index (χ1v) is 13.8. The molecule has 0 fully saturated rings. The quantitative estimate of drug-likeness (QED) is 0.171. The van der Waals surface area contributed by atoms with Crippen LogP contribution in [0.3, 0.4) is 0 Å². The van der Waals surface area contributed by atoms with Gasteiger partial charge in [0.05, 0.1) is 11.2 Å². The van der Waals surface area contributed by atoms with Crippen molar-refractivity contribution in [1.82, 2.24) is 4.98 Å². The molecule has 0 aliphatic rings. The van der Waals surface area contributed by atoms with Gasteiger partial charge in [0.15, 0.2) is 7.14 Å². The van der Waals surface area contributed by atoms with E-state index in [9.17, 15) is 4.57 Å². The molecule has 3 nitrogen and oxygen atoms in total. The van der Waals surface area contributed by atoms with Gasteiger partial charge in [-0.15, -0.1) is 0 Å². The second-order valence-electron chi connectivity index (χ2n) is 8.86. The van der Waals surface area contributed by atoms with Crippen LogP contribution in [0, 0.1) is 0 Å². The van der Waals surface area contributed by atoms with Gasteiger partial charge < -0.3 is 8.98 Å². The van der Waals surface area contributed by atoms with Crippen molar-refractivity contribution >= 4 is 50.6 Å². The molecule has 2 heterocycles. The molecule has 1 atom stereocenters. The van der Waals surface area contributed by atoms with E-state index in [0.717, 1.165) is 54.7 Å². The highest BCUT2D eigenvalue weighted by Gasteiger charge is 2.30. The monoisotopic (exact) mass is 497 g/mol. The molecule has 0 amide bonds. The minimum atomic E-state index is -3.19. The Balaban J connectivity index is 1.56. The Kier molecular flexibility index (Phi) is 5.71. The van der Waals surface area contributed by atoms with E-state index in [1.165, 1.54) is 0 Å². The lowest BCUT2D eigenvalue weighted by atomic mass is 10.1. The first-order chi connectivity index (χ1) is 18.1. The standard InChI is InChI=1S/C33H24NO2P/c1-3-10-25(4-2)37(35,26-12-6-5-7-13-26)27-17-20-33-29(22-27)28-21-24(16-19-32(28)36-33)31-18-15-23-11-8-9-14-30(23)34-31/h3-22H,1-2H2/b25-10+. The predicted octanol–water partition coefficient (Wildman–Crippen LogP) is 8.37. The molecular weight excluding hydrogens is 473 g/mol. The molecule has 0 bridgehead atoms. The fourth-order valence-corrected chi connectivity index (χ4v) is 7.51. The summed E-state index contributed by atoms with van der Waals surface area (Å²) in [4.78, 5) is 4.86. The molecule has 0 spiro atoms. The lowest BCUT2D eigenvalue weighted by molar-refractivity contribution is 0.591. The van der Waals surface area contributed by atoms with Crippen LogP contribution in [0.4, 0.5) is 0 Å². The third-order valence-electron chi connectivity index (χ3n) is 6.69. The summed E-state index contributed by atoms with van der Waals surface area (Å²) in [6.45, 7) is 7.78. The zero-order valence-electron chi connectivity index (χ0n) is 20.2. The Bertz CT molecular complexity index is 1900. The zero-order chi connectivity index (χ0) is 25.4. The number of aromatic nitrogens is 1. The highest BCUT2D eigenvalue weighted by Crippen LogP contribution is 2.52. The molecule has 6 aromatic rings. The maximum absolute atomic E-state index is 14.8. The molecule has 1 unspecified atom stereocenters. The van der Waals surface area contributed by atoms with Crippen LogP contribution in [0.25, 0.3) is 44.1 Å². The molecule has 0 radical (unpaired) electrons. The average molecular weight is 498 g/mol. The first kappa shape index (κ1) is 23.0. The molecule has 4 aromatic carbocycles. The number of benzene rings is 4. The molecule has 0 aliphatic heterocycles. The molecule has 0 N–H and O–H groups in total. The van der Waals surface area contributed by atoms with E-state index in [-0.39, 0.29) is 0 Å². The molecule has 2 aromatic heterocycles. The van der Waals surface area contributed by atoms with Gasteiger partial charge in [-0.2, -0.15) is 0 Å². The fourth-order valence-electron chi connectivity index (χ4n) is 4.85. The maximum atomic E-state index is 14.8. The molecule has 0 saturated heterocycles. The zero-order valence-corrected chi connectivity index (χ0v) is 21.1. The smallest absolute Gasteiger partial charge is 0.171 e. The van der Waals surface area contributed by atoms with E-state index in [2.05, 4.69) is 31.4 Å². The van der Waals surface area contributed by atoms with Crippen molar-refractivity contribution in [2.75, 3.05) is 0 Å². The van der Waals surface area contributed by atoms with Gasteiger partial charge in [-0.3, -0.25) is 0 Å². The SMILES string of the molecule is C=C/C=C(\C=C)P(=O)(c1ccccc1)c1ccc2oc3ccc(-c4ccc5ccccc5n4)cc3c2c1. The van der Waals surface area contributed by atoms with Crippen LogP contribution in [0.1, 0.15) is 0 Å². The fraction of sp³-hybridized carbons (Fsp3) is 0. The van der Waals surface area contributed by atoms with E-state index < -0.39 is 7.14 Å². The third kappa shape index (κ3) is 3.85. The van der Waals surface area contributed by atoms with Crippen LogP contribution in [-0.4, -0.2) is 4.98 Å². The highest BCUT2D eigenvalue weighted by atomic mass is 31.2. The summed E-state index contributed by atoms with van der Waals surface area (Å²) in [5.41, 5.74) is 4.36. The van der Waals surface area contributed by atoms with Crippen molar-refractivity contribution in [3.8, 4) is 11.3 Å². The largest absolute Gasteiger partial charge is 0.456 e. The molecule has 0 saturated carbocycles. The highest BCUT2D eigenvalue weighted by molar-refractivity contribution is 7.82. The van der Waals surface area contributed by atoms with Crippen LogP contribution in [0.5, 0.6) is 0 Å². The molecule has 0 aliphatic carbocycles. The van der Waals surface area contributed by atoms with Gasteiger partial charge in [0.1, 0.15) is 11.2 Å². The van der Waals surface area contributed by atoms with E-state index in [1.54, 1.807) is 18.2 Å². The van der Waals surface area contributed by atoms with Gasteiger partial charge in [-0.05, 0) is 48.5 Å². The number of pyridine rings is 1. The Morgan fingerprint density at radius 3 is 2.27 bits per heavy atom. The number of fused-ring (bicyclic) bond motifs is 4. The number of allylic oxidation sites excluding steroid dienone is 4. The van der Waals surface area contributed by atoms with Gasteiger partial charge >= 0.3 is 0 Å². The van der Waals surface area contributed by atoms with Gasteiger partial charge in [0, 0.05) is 37.6 Å². The lowest BCUT2D eigenvalue weighted by Gasteiger charge is -2.20. The van der Waals surface area contributed by atoms with Gasteiger partial charge in [0.2, 0.25) is 0 Å². The predicted molar refractivity (Wildman–Crippen MR) is 156 cm³/mol. The summed E-state index contributed by atoms with van der Waals surface area (Å²) < 4.78 is 21.0. The van der Waals surface area contributed by atoms with Gasteiger partial charge in [-0.1, -0.05) is 86.0 Å². The Hall–Kier alpha value is -4.46. The number of hydrogen-bond acceptors (Lipinski definition) is 3. The van der Waals surface area contributed by atoms with Crippen molar-refractivity contribution in [2.45, 2.75) is 0 Å². The van der Waals surface area contributed by atoms with Crippen LogP contribution in [-0.2, 0) is 4.57 Å². The van der Waals surface area contributed by atoms with Gasteiger partial charge in [-0.25, -0.2) is 4.98 Å². The summed E-state index contributed by atoms with van der Waals surface area (Å²) in [7, 11) is -3.19. The van der Waals surface area contributed by atoms with Crippen LogP contribution in [0.15, 0.2) is 144 Å². The minimum Gasteiger partial charge on any atom is -0.456 e. The average Bonchev–Trinajstić information content (AvgIpc) is 3.33. The van der Waals surface area contributed by atoms with E-state index in [1.807, 2.05) is 84.9 Å². The molecule has 37 heavy (non-hydrogen) atoms. The summed E-state index contributed by atoms with van der Waals surface area (Å²) in [6.07, 6.45) is 5.10. The number of nitrogens with zero attached hydrogens (tertiary/aromatic N) is 1. The lowest BCUT2D eigenvalue weighted by Crippen LogP contribution is -2.17. The second-order valence-corrected chi connectivity index (χ2v) is 11.6. The summed E-state index contributed by atoms with van der Waals surface area (Å²) in [5.74, 6) is 0. The van der Waals surface area contributed by atoms with Crippen molar-refractivity contribution < 1.29 is 8.98 Å². The Morgan fingerprint density at radius 2 is 1.49 bits per heavy atom. The van der Waals surface area contributed by atoms with Crippen molar-refractivity contribution in [3.63, 3.8) is 0 Å². The topological polar surface area (TPSA) is 43.1 Å². The number of furan rings is 1. The Labute approximate surface area is 215 Å². The molecule has 4 heteroatoms. The number of rotatable bonds is 6. The summed E-state index contributed by atoms with van der Waals surface area (Å²) >= 11 is 0. The van der Waals surface area contributed by atoms with E-state index in [4.69, 9.17) is 9.40 Å². The van der Waals surface area contributed by atoms with Crippen molar-refractivity contribution in [2.24, 2.45) is 0 Å². The third-order valence-corrected chi connectivity index (χ3v) is 9.78. The van der Waals surface area contributed by atoms with E-state index >= 15 is 0 Å². The molecule has 6 rings (SSSR count). The first-order valence-electron chi connectivity index (χ1n) is 12.1. The van der Waals surface area contributed by atoms with E-state index in [0.29, 0.717) is 5.31 Å². The van der Waals surface area contributed by atoms with Crippen LogP contribution >= 0.6 is 7.14 Å². The maximum Gasteiger partial charge on any atom is 0.171 e. The minimum absolute atomic E-state index is 0.641. The van der Waals surface area contributed by atoms with Gasteiger partial charge in [0.25, 0.3) is 0 Å². The van der Waals surface area contributed by atoms with Crippen molar-refractivity contribution in [3.05, 3.63) is 140 Å². The van der Waals surface area contributed by atoms with Crippen LogP contribution in [0.2, 0.25) is 0 Å². The number of hydrogen-bond donors (Lipinski definition) is 0. The Morgan fingerprint density at radius 1 is 0.757 bits per heavy atom. The molecular formula is C33H24NO2P. The molecule has 178 valence electrons. The van der Waals surface area contributed by atoms with Crippen LogP contribution < -0.4 is 10.6 Å². The summed E-state index contributed by atoms with van der Waals surface area (Å²) in [6, 6.07) is 33.7. The summed E-state index contributed by atoms with van der Waals surface area (Å²) in [5, 5.41) is 5.08.